The van der Waals surface area contributed by atoms with Crippen LogP contribution in [-0.4, -0.2) is 46.8 Å². The highest BCUT2D eigenvalue weighted by molar-refractivity contribution is 7.94. The summed E-state index contributed by atoms with van der Waals surface area (Å²) in [6, 6.07) is 1.64. The first kappa shape index (κ1) is 13.4. The number of carboxylic acid groups (broad SMARTS) is 1. The Labute approximate surface area is 108 Å². The Balaban J connectivity index is 2.53. The number of allylic oxidation sites excluding steroid dienone is 1. The lowest BCUT2D eigenvalue weighted by Gasteiger charge is -2.36. The minimum absolute atomic E-state index is 0.197. The van der Waals surface area contributed by atoms with Crippen LogP contribution in [-0.2, 0) is 19.4 Å². The molecule has 9 heteroatoms. The zero-order chi connectivity index (χ0) is 14.4. The van der Waals surface area contributed by atoms with Crippen molar-refractivity contribution in [1.29, 1.82) is 5.26 Å². The Kier molecular flexibility index (Phi) is 2.78. The molecule has 2 heterocycles. The smallest absolute Gasteiger partial charge is 0.450 e. The number of sulfone groups is 1. The van der Waals surface area contributed by atoms with E-state index < -0.39 is 38.2 Å². The van der Waals surface area contributed by atoms with Crippen molar-refractivity contribution in [1.82, 2.24) is 4.90 Å². The van der Waals surface area contributed by atoms with E-state index in [1.54, 1.807) is 6.07 Å². The molecule has 2 saturated heterocycles. The second-order valence-corrected chi connectivity index (χ2v) is 6.90. The summed E-state index contributed by atoms with van der Waals surface area (Å²) in [5.41, 5.74) is 0. The van der Waals surface area contributed by atoms with Crippen molar-refractivity contribution in [2.75, 3.05) is 0 Å². The molecule has 8 nitrogen and oxygen atoms in total. The summed E-state index contributed by atoms with van der Waals surface area (Å²) in [6.07, 6.45) is -1.35. The molecule has 1 N–H and O–H groups in total. The molecule has 1 amide bonds. The van der Waals surface area contributed by atoms with Crippen LogP contribution in [0.4, 0.5) is 4.79 Å². The van der Waals surface area contributed by atoms with E-state index in [0.29, 0.717) is 0 Å². The number of rotatable bonds is 2. The fourth-order valence-corrected chi connectivity index (χ4v) is 4.48. The fourth-order valence-electron chi connectivity index (χ4n) is 2.30. The first-order chi connectivity index (χ1) is 8.75. The van der Waals surface area contributed by atoms with Gasteiger partial charge in [-0.3, -0.25) is 9.69 Å². The van der Waals surface area contributed by atoms with Crippen molar-refractivity contribution in [3.05, 3.63) is 12.2 Å². The molecule has 3 atom stereocenters. The highest BCUT2D eigenvalue weighted by atomic mass is 32.2. The lowest BCUT2D eigenvalue weighted by atomic mass is 10.0. The van der Waals surface area contributed by atoms with E-state index in [9.17, 15) is 18.0 Å². The number of β-lactam (4-membered cyclic amide) rings is 1. The van der Waals surface area contributed by atoms with Gasteiger partial charge in [-0.25, -0.2) is 13.2 Å². The molecule has 0 bridgehead atoms. The number of amides is 1. The fraction of sp³-hybridized carbons (Fsp3) is 0.500. The second kappa shape index (κ2) is 3.96. The molecule has 0 aromatic heterocycles. The van der Waals surface area contributed by atoms with Crippen molar-refractivity contribution in [3.63, 3.8) is 0 Å². The highest BCUT2D eigenvalue weighted by Gasteiger charge is 2.68. The lowest BCUT2D eigenvalue weighted by Crippen LogP contribution is -2.55. The molecular formula is C10H10N2O6S. The minimum atomic E-state index is -3.85. The van der Waals surface area contributed by atoms with Crippen molar-refractivity contribution in [2.45, 2.75) is 29.7 Å². The SMILES string of the molecule is C[C@]1(/C=C\C#N)[C@H](OC(=O)O)N2C(=O)C[C@H]2S1(=O)=O. The minimum Gasteiger partial charge on any atom is -0.450 e. The lowest BCUT2D eigenvalue weighted by molar-refractivity contribution is -0.156. The maximum absolute atomic E-state index is 12.3. The largest absolute Gasteiger partial charge is 0.507 e. The normalized spacial score (nSPS) is 35.6. The molecule has 2 aliphatic heterocycles. The number of nitriles is 1. The summed E-state index contributed by atoms with van der Waals surface area (Å²) in [5, 5.41) is 16.1. The summed E-state index contributed by atoms with van der Waals surface area (Å²) in [5.74, 6) is -0.492. The Morgan fingerprint density at radius 3 is 2.79 bits per heavy atom. The van der Waals surface area contributed by atoms with E-state index in [1.807, 2.05) is 0 Å². The van der Waals surface area contributed by atoms with Crippen LogP contribution in [0.15, 0.2) is 12.2 Å². The van der Waals surface area contributed by atoms with Crippen molar-refractivity contribution in [2.24, 2.45) is 0 Å². The molecule has 0 aromatic rings. The van der Waals surface area contributed by atoms with Gasteiger partial charge in [0, 0.05) is 6.08 Å². The Hall–Kier alpha value is -2.08. The predicted molar refractivity (Wildman–Crippen MR) is 60.2 cm³/mol. The monoisotopic (exact) mass is 286 g/mol. The quantitative estimate of drug-likeness (QED) is 0.424. The van der Waals surface area contributed by atoms with Crippen LogP contribution in [0.5, 0.6) is 0 Å². The third-order valence-electron chi connectivity index (χ3n) is 3.36. The summed E-state index contributed by atoms with van der Waals surface area (Å²) in [4.78, 5) is 23.0. The van der Waals surface area contributed by atoms with Crippen LogP contribution in [0.3, 0.4) is 0 Å². The molecule has 102 valence electrons. The maximum Gasteiger partial charge on any atom is 0.507 e. The van der Waals surface area contributed by atoms with Crippen molar-refractivity contribution < 1.29 is 27.9 Å². The van der Waals surface area contributed by atoms with E-state index in [0.717, 1.165) is 17.1 Å². The molecule has 0 aliphatic carbocycles. The average Bonchev–Trinajstić information content (AvgIpc) is 2.42. The third kappa shape index (κ3) is 1.60. The van der Waals surface area contributed by atoms with E-state index in [-0.39, 0.29) is 6.42 Å². The summed E-state index contributed by atoms with van der Waals surface area (Å²) in [7, 11) is -3.85. The van der Waals surface area contributed by atoms with Gasteiger partial charge in [0.15, 0.2) is 9.84 Å². The zero-order valence-electron chi connectivity index (χ0n) is 9.81. The van der Waals surface area contributed by atoms with Gasteiger partial charge < -0.3 is 9.84 Å². The third-order valence-corrected chi connectivity index (χ3v) is 6.04. The van der Waals surface area contributed by atoms with Crippen LogP contribution in [0, 0.1) is 11.3 Å². The van der Waals surface area contributed by atoms with Gasteiger partial charge in [0.2, 0.25) is 12.1 Å². The number of hydrogen-bond acceptors (Lipinski definition) is 6. The molecule has 0 saturated carbocycles. The van der Waals surface area contributed by atoms with Crippen molar-refractivity contribution >= 4 is 21.9 Å². The first-order valence-electron chi connectivity index (χ1n) is 5.27. The molecule has 0 aromatic carbocycles. The molecule has 0 unspecified atom stereocenters. The highest BCUT2D eigenvalue weighted by Crippen LogP contribution is 2.47. The summed E-state index contributed by atoms with van der Waals surface area (Å²) >= 11 is 0. The molecule has 2 aliphatic rings. The predicted octanol–water partition coefficient (Wildman–Crippen LogP) is -0.168. The molecule has 19 heavy (non-hydrogen) atoms. The molecule has 2 fully saturated rings. The average molecular weight is 286 g/mol. The van der Waals surface area contributed by atoms with Gasteiger partial charge in [-0.1, -0.05) is 0 Å². The number of ether oxygens (including phenoxy) is 1. The van der Waals surface area contributed by atoms with Crippen LogP contribution in [0.2, 0.25) is 0 Å². The standard InChI is InChI=1S/C10H10N2O6S/c1-10(3-2-4-11)8(18-9(14)15)12-6(13)5-7(12)19(10,16)17/h2-3,7-8H,5H2,1H3,(H,14,15)/b3-2-/t7-,8+,10+/m1/s1. The summed E-state index contributed by atoms with van der Waals surface area (Å²) < 4.78 is 27.4. The maximum atomic E-state index is 12.3. The van der Waals surface area contributed by atoms with Gasteiger partial charge in [-0.15, -0.1) is 0 Å². The Morgan fingerprint density at radius 2 is 2.32 bits per heavy atom. The number of carbonyl (C=O) groups excluding carboxylic acids is 1. The van der Waals surface area contributed by atoms with Gasteiger partial charge in [0.05, 0.1) is 12.5 Å². The van der Waals surface area contributed by atoms with Crippen molar-refractivity contribution in [3.8, 4) is 6.07 Å². The van der Waals surface area contributed by atoms with Gasteiger partial charge in [0.25, 0.3) is 0 Å². The Bertz CT molecular complexity index is 618. The van der Waals surface area contributed by atoms with Crippen LogP contribution < -0.4 is 0 Å². The number of fused-ring (bicyclic) bond motifs is 1. The van der Waals surface area contributed by atoms with E-state index in [4.69, 9.17) is 10.4 Å². The van der Waals surface area contributed by atoms with Crippen LogP contribution >= 0.6 is 0 Å². The number of hydrogen-bond donors (Lipinski definition) is 1. The zero-order valence-corrected chi connectivity index (χ0v) is 10.6. The van der Waals surface area contributed by atoms with E-state index in [2.05, 4.69) is 4.74 Å². The van der Waals surface area contributed by atoms with Gasteiger partial charge in [-0.05, 0) is 13.0 Å². The van der Waals surface area contributed by atoms with Gasteiger partial charge >= 0.3 is 6.16 Å². The van der Waals surface area contributed by atoms with Crippen LogP contribution in [0.25, 0.3) is 0 Å². The van der Waals surface area contributed by atoms with Crippen LogP contribution in [0.1, 0.15) is 13.3 Å². The molecule has 0 spiro atoms. The molecule has 0 radical (unpaired) electrons. The van der Waals surface area contributed by atoms with Gasteiger partial charge in [-0.2, -0.15) is 5.26 Å². The molecule has 2 rings (SSSR count). The summed E-state index contributed by atoms with van der Waals surface area (Å²) in [6.45, 7) is 1.23. The number of nitrogens with zero attached hydrogens (tertiary/aromatic N) is 2. The topological polar surface area (TPSA) is 125 Å². The second-order valence-electron chi connectivity index (χ2n) is 4.39. The number of carbonyl (C=O) groups is 2. The Morgan fingerprint density at radius 1 is 1.68 bits per heavy atom. The van der Waals surface area contributed by atoms with Gasteiger partial charge in [0.1, 0.15) is 10.1 Å². The van der Waals surface area contributed by atoms with E-state index >= 15 is 0 Å². The first-order valence-corrected chi connectivity index (χ1v) is 6.82. The van der Waals surface area contributed by atoms with E-state index in [1.165, 1.54) is 6.92 Å². The molecular weight excluding hydrogens is 276 g/mol.